The Morgan fingerprint density at radius 2 is 2.12 bits per heavy atom. The van der Waals surface area contributed by atoms with Gasteiger partial charge < -0.3 is 15.2 Å². The van der Waals surface area contributed by atoms with E-state index in [2.05, 4.69) is 0 Å². The van der Waals surface area contributed by atoms with E-state index < -0.39 is 0 Å². The van der Waals surface area contributed by atoms with Gasteiger partial charge in [0.25, 0.3) is 0 Å². The summed E-state index contributed by atoms with van der Waals surface area (Å²) in [4.78, 5) is 11.6. The van der Waals surface area contributed by atoms with Crippen molar-refractivity contribution in [1.82, 2.24) is 0 Å². The van der Waals surface area contributed by atoms with Gasteiger partial charge in [0.1, 0.15) is 5.75 Å². The highest BCUT2D eigenvalue weighted by Gasteiger charge is 2.10. The summed E-state index contributed by atoms with van der Waals surface area (Å²) in [5.41, 5.74) is 6.60. The van der Waals surface area contributed by atoms with Crippen molar-refractivity contribution in [2.24, 2.45) is 5.92 Å². The first kappa shape index (κ1) is 12.4. The summed E-state index contributed by atoms with van der Waals surface area (Å²) >= 11 is 0. The van der Waals surface area contributed by atoms with Crippen LogP contribution in [0.5, 0.6) is 5.75 Å². The van der Waals surface area contributed by atoms with Crippen LogP contribution in [0.25, 0.3) is 0 Å². The van der Waals surface area contributed by atoms with Gasteiger partial charge in [-0.1, -0.05) is 13.8 Å². The molecule has 0 aromatic heterocycles. The smallest absolute Gasteiger partial charge is 0.338 e. The maximum Gasteiger partial charge on any atom is 0.338 e. The topological polar surface area (TPSA) is 61.5 Å². The number of benzene rings is 1. The Bertz CT molecular complexity index is 375. The van der Waals surface area contributed by atoms with Crippen molar-refractivity contribution in [3.63, 3.8) is 0 Å². The van der Waals surface area contributed by atoms with Gasteiger partial charge in [-0.25, -0.2) is 4.79 Å². The van der Waals surface area contributed by atoms with Crippen molar-refractivity contribution in [1.29, 1.82) is 0 Å². The molecular formula is C12H17NO3. The van der Waals surface area contributed by atoms with Crippen molar-refractivity contribution in [3.8, 4) is 5.75 Å². The molecule has 0 fully saturated rings. The van der Waals surface area contributed by atoms with Crippen LogP contribution < -0.4 is 10.5 Å². The molecule has 1 aromatic rings. The number of nitrogens with two attached hydrogens (primary N) is 1. The fraction of sp³-hybridized carbons (Fsp3) is 0.417. The highest BCUT2D eigenvalue weighted by Crippen LogP contribution is 2.22. The van der Waals surface area contributed by atoms with E-state index in [0.717, 1.165) is 0 Å². The fourth-order valence-electron chi connectivity index (χ4n) is 1.16. The molecule has 0 heterocycles. The van der Waals surface area contributed by atoms with Crippen LogP contribution in [0.1, 0.15) is 24.2 Å². The molecule has 1 rings (SSSR count). The lowest BCUT2D eigenvalue weighted by atomic mass is 10.2. The van der Waals surface area contributed by atoms with Crippen molar-refractivity contribution in [2.45, 2.75) is 13.8 Å². The van der Waals surface area contributed by atoms with E-state index in [9.17, 15) is 4.79 Å². The van der Waals surface area contributed by atoms with E-state index in [4.69, 9.17) is 15.2 Å². The predicted molar refractivity (Wildman–Crippen MR) is 62.5 cm³/mol. The Morgan fingerprint density at radius 1 is 1.44 bits per heavy atom. The molecule has 0 atom stereocenters. The molecule has 2 N–H and O–H groups in total. The summed E-state index contributed by atoms with van der Waals surface area (Å²) in [5, 5.41) is 0. The molecular weight excluding hydrogens is 206 g/mol. The third-order valence-corrected chi connectivity index (χ3v) is 2.02. The normalized spacial score (nSPS) is 10.2. The zero-order valence-corrected chi connectivity index (χ0v) is 9.82. The molecule has 16 heavy (non-hydrogen) atoms. The van der Waals surface area contributed by atoms with Gasteiger partial charge in [0.15, 0.2) is 0 Å². The van der Waals surface area contributed by atoms with Crippen molar-refractivity contribution < 1.29 is 14.3 Å². The number of esters is 1. The molecule has 0 aliphatic rings. The first-order valence-electron chi connectivity index (χ1n) is 5.15. The Labute approximate surface area is 95.3 Å². The van der Waals surface area contributed by atoms with Gasteiger partial charge in [0.2, 0.25) is 0 Å². The van der Waals surface area contributed by atoms with Gasteiger partial charge in [-0.15, -0.1) is 0 Å². The standard InChI is InChI=1S/C12H17NO3/c1-8(2)7-16-12(14)9-4-5-10(13)11(6-9)15-3/h4-6,8H,7,13H2,1-3H3. The van der Waals surface area contributed by atoms with Crippen LogP contribution in [0.4, 0.5) is 5.69 Å². The third-order valence-electron chi connectivity index (χ3n) is 2.02. The second kappa shape index (κ2) is 5.39. The molecule has 4 nitrogen and oxygen atoms in total. The van der Waals surface area contributed by atoms with Crippen LogP contribution in [-0.2, 0) is 4.74 Å². The molecule has 0 spiro atoms. The van der Waals surface area contributed by atoms with E-state index >= 15 is 0 Å². The van der Waals surface area contributed by atoms with Gasteiger partial charge in [0.05, 0.1) is 25.0 Å². The quantitative estimate of drug-likeness (QED) is 0.627. The number of rotatable bonds is 4. The fourth-order valence-corrected chi connectivity index (χ4v) is 1.16. The van der Waals surface area contributed by atoms with E-state index in [1.54, 1.807) is 18.2 Å². The second-order valence-corrected chi connectivity index (χ2v) is 3.95. The number of methoxy groups -OCH3 is 1. The van der Waals surface area contributed by atoms with Gasteiger partial charge in [-0.2, -0.15) is 0 Å². The van der Waals surface area contributed by atoms with Crippen LogP contribution in [0, 0.1) is 5.92 Å². The Morgan fingerprint density at radius 3 is 2.69 bits per heavy atom. The van der Waals surface area contributed by atoms with Crippen LogP contribution in [0.2, 0.25) is 0 Å². The van der Waals surface area contributed by atoms with Gasteiger partial charge in [-0.05, 0) is 24.1 Å². The Balaban J connectivity index is 2.76. The SMILES string of the molecule is COc1cc(C(=O)OCC(C)C)ccc1N. The lowest BCUT2D eigenvalue weighted by molar-refractivity contribution is 0.0458. The average Bonchev–Trinajstić information content (AvgIpc) is 2.26. The number of hydrogen-bond donors (Lipinski definition) is 1. The van der Waals surface area contributed by atoms with Crippen molar-refractivity contribution in [3.05, 3.63) is 23.8 Å². The van der Waals surface area contributed by atoms with E-state index in [1.165, 1.54) is 7.11 Å². The second-order valence-electron chi connectivity index (χ2n) is 3.95. The van der Waals surface area contributed by atoms with Gasteiger partial charge >= 0.3 is 5.97 Å². The maximum absolute atomic E-state index is 11.6. The minimum Gasteiger partial charge on any atom is -0.495 e. The number of nitrogen functional groups attached to an aromatic ring is 1. The summed E-state index contributed by atoms with van der Waals surface area (Å²) < 4.78 is 10.1. The molecule has 0 bridgehead atoms. The third kappa shape index (κ3) is 3.15. The van der Waals surface area contributed by atoms with Crippen LogP contribution in [-0.4, -0.2) is 19.7 Å². The van der Waals surface area contributed by atoms with E-state index in [-0.39, 0.29) is 5.97 Å². The molecule has 88 valence electrons. The summed E-state index contributed by atoms with van der Waals surface area (Å²) in [5.74, 6) is 0.450. The maximum atomic E-state index is 11.6. The van der Waals surface area contributed by atoms with Crippen LogP contribution in [0.3, 0.4) is 0 Å². The Kier molecular flexibility index (Phi) is 4.17. The molecule has 0 aliphatic heterocycles. The van der Waals surface area contributed by atoms with Crippen LogP contribution >= 0.6 is 0 Å². The molecule has 1 aromatic carbocycles. The molecule has 0 amide bonds. The van der Waals surface area contributed by atoms with Gasteiger partial charge in [0, 0.05) is 0 Å². The lowest BCUT2D eigenvalue weighted by Crippen LogP contribution is -2.10. The van der Waals surface area contributed by atoms with Crippen molar-refractivity contribution in [2.75, 3.05) is 19.5 Å². The number of ether oxygens (including phenoxy) is 2. The minimum atomic E-state index is -0.355. The number of carbonyl (C=O) groups is 1. The molecule has 0 aliphatic carbocycles. The van der Waals surface area contributed by atoms with Gasteiger partial charge in [-0.3, -0.25) is 0 Å². The zero-order chi connectivity index (χ0) is 12.1. The molecule has 0 unspecified atom stereocenters. The minimum absolute atomic E-state index is 0.319. The average molecular weight is 223 g/mol. The first-order valence-corrected chi connectivity index (χ1v) is 5.15. The summed E-state index contributed by atoms with van der Waals surface area (Å²) in [7, 11) is 1.51. The molecule has 0 saturated heterocycles. The summed E-state index contributed by atoms with van der Waals surface area (Å²) in [6.45, 7) is 4.37. The molecule has 0 radical (unpaired) electrons. The molecule has 4 heteroatoms. The number of anilines is 1. The largest absolute Gasteiger partial charge is 0.495 e. The lowest BCUT2D eigenvalue weighted by Gasteiger charge is -2.09. The van der Waals surface area contributed by atoms with E-state index in [1.807, 2.05) is 13.8 Å². The summed E-state index contributed by atoms with van der Waals surface area (Å²) in [6.07, 6.45) is 0. The monoisotopic (exact) mass is 223 g/mol. The van der Waals surface area contributed by atoms with Crippen LogP contribution in [0.15, 0.2) is 18.2 Å². The predicted octanol–water partition coefficient (Wildman–Crippen LogP) is 2.09. The zero-order valence-electron chi connectivity index (χ0n) is 9.82. The highest BCUT2D eigenvalue weighted by atomic mass is 16.5. The first-order chi connectivity index (χ1) is 7.54. The highest BCUT2D eigenvalue weighted by molar-refractivity contribution is 5.90. The summed E-state index contributed by atoms with van der Waals surface area (Å²) in [6, 6.07) is 4.84. The van der Waals surface area contributed by atoms with E-state index in [0.29, 0.717) is 29.5 Å². The molecule has 0 saturated carbocycles. The Hall–Kier alpha value is -1.71. The number of hydrogen-bond acceptors (Lipinski definition) is 4. The van der Waals surface area contributed by atoms with Crippen molar-refractivity contribution >= 4 is 11.7 Å². The number of carbonyl (C=O) groups excluding carboxylic acids is 1.